The zero-order valence-corrected chi connectivity index (χ0v) is 24.6. The molecule has 0 unspecified atom stereocenters. The highest BCUT2D eigenvalue weighted by molar-refractivity contribution is 6.04. The third-order valence-corrected chi connectivity index (χ3v) is 7.69. The average molecular weight is 575 g/mol. The first-order valence-electron chi connectivity index (χ1n) is 14.4. The second-order valence-corrected chi connectivity index (χ2v) is 11.0. The Labute approximate surface area is 250 Å². The molecule has 5 aromatic rings. The van der Waals surface area contributed by atoms with Crippen LogP contribution < -0.4 is 5.32 Å². The Morgan fingerprint density at radius 3 is 2.49 bits per heavy atom. The molecule has 6 rings (SSSR count). The SMILES string of the molecule is Cc1nnc(-c2cncc(-c3ccnc(Cc4cc(NC(=O)c5ccc(CN6CCN(C)CC6)cc5)ccc4C)n3)c2)o1. The highest BCUT2D eigenvalue weighted by Gasteiger charge is 2.15. The molecule has 0 aliphatic carbocycles. The van der Waals surface area contributed by atoms with Gasteiger partial charge < -0.3 is 14.6 Å². The van der Waals surface area contributed by atoms with E-state index < -0.39 is 0 Å². The van der Waals surface area contributed by atoms with Gasteiger partial charge >= 0.3 is 0 Å². The van der Waals surface area contributed by atoms with E-state index in [0.717, 1.165) is 66.4 Å². The predicted octanol–water partition coefficient (Wildman–Crippen LogP) is 4.80. The Bertz CT molecular complexity index is 1730. The van der Waals surface area contributed by atoms with Crippen molar-refractivity contribution in [3.05, 3.63) is 107 Å². The molecule has 218 valence electrons. The molecule has 1 N–H and O–H groups in total. The van der Waals surface area contributed by atoms with E-state index in [9.17, 15) is 4.79 Å². The van der Waals surface area contributed by atoms with Crippen LogP contribution in [0.1, 0.15) is 38.8 Å². The van der Waals surface area contributed by atoms with Gasteiger partial charge in [0.05, 0.1) is 11.3 Å². The van der Waals surface area contributed by atoms with E-state index >= 15 is 0 Å². The van der Waals surface area contributed by atoms with Crippen molar-refractivity contribution in [2.24, 2.45) is 0 Å². The first-order chi connectivity index (χ1) is 20.9. The van der Waals surface area contributed by atoms with E-state index in [2.05, 4.69) is 42.3 Å². The van der Waals surface area contributed by atoms with Crippen LogP contribution in [0, 0.1) is 13.8 Å². The summed E-state index contributed by atoms with van der Waals surface area (Å²) in [5, 5.41) is 11.0. The summed E-state index contributed by atoms with van der Waals surface area (Å²) in [6.45, 7) is 9.00. The molecule has 1 aliphatic rings. The summed E-state index contributed by atoms with van der Waals surface area (Å²) in [4.78, 5) is 31.5. The summed E-state index contributed by atoms with van der Waals surface area (Å²) in [7, 11) is 2.16. The summed E-state index contributed by atoms with van der Waals surface area (Å²) in [6.07, 6.45) is 5.69. The lowest BCUT2D eigenvalue weighted by Gasteiger charge is -2.32. The summed E-state index contributed by atoms with van der Waals surface area (Å²) in [5.74, 6) is 1.44. The number of piperazine rings is 1. The number of hydrogen-bond donors (Lipinski definition) is 1. The van der Waals surface area contributed by atoms with Crippen molar-refractivity contribution >= 4 is 11.6 Å². The minimum absolute atomic E-state index is 0.136. The number of aryl methyl sites for hydroxylation is 2. The van der Waals surface area contributed by atoms with E-state index in [1.54, 1.807) is 25.5 Å². The van der Waals surface area contributed by atoms with E-state index in [4.69, 9.17) is 9.40 Å². The second-order valence-electron chi connectivity index (χ2n) is 11.0. The number of amides is 1. The van der Waals surface area contributed by atoms with Crippen molar-refractivity contribution in [3.63, 3.8) is 0 Å². The number of pyridine rings is 1. The predicted molar refractivity (Wildman–Crippen MR) is 164 cm³/mol. The van der Waals surface area contributed by atoms with Crippen molar-refractivity contribution in [2.75, 3.05) is 38.5 Å². The maximum Gasteiger partial charge on any atom is 0.255 e. The van der Waals surface area contributed by atoms with E-state index in [1.165, 1.54) is 5.56 Å². The monoisotopic (exact) mass is 574 g/mol. The van der Waals surface area contributed by atoms with Gasteiger partial charge in [-0.25, -0.2) is 9.97 Å². The quantitative estimate of drug-likeness (QED) is 0.279. The maximum atomic E-state index is 13.1. The summed E-state index contributed by atoms with van der Waals surface area (Å²) < 4.78 is 5.55. The smallest absolute Gasteiger partial charge is 0.255 e. The molecule has 0 spiro atoms. The molecule has 0 atom stereocenters. The van der Waals surface area contributed by atoms with Crippen molar-refractivity contribution in [1.82, 2.24) is 34.9 Å². The molecule has 1 amide bonds. The number of carbonyl (C=O) groups excluding carboxylic acids is 1. The van der Waals surface area contributed by atoms with Gasteiger partial charge in [-0.2, -0.15) is 0 Å². The number of benzene rings is 2. The van der Waals surface area contributed by atoms with Gasteiger partial charge in [-0.15, -0.1) is 10.2 Å². The summed E-state index contributed by atoms with van der Waals surface area (Å²) in [6, 6.07) is 17.6. The lowest BCUT2D eigenvalue weighted by molar-refractivity contribution is 0.102. The summed E-state index contributed by atoms with van der Waals surface area (Å²) in [5.41, 5.74) is 7.00. The van der Waals surface area contributed by atoms with E-state index in [-0.39, 0.29) is 5.91 Å². The van der Waals surface area contributed by atoms with Crippen LogP contribution in [0.4, 0.5) is 5.69 Å². The number of nitrogens with zero attached hydrogens (tertiary/aromatic N) is 7. The number of aromatic nitrogens is 5. The van der Waals surface area contributed by atoms with Crippen molar-refractivity contribution in [3.8, 4) is 22.7 Å². The molecule has 1 saturated heterocycles. The number of likely N-dealkylation sites (N-methyl/N-ethyl adjacent to an activating group) is 1. The van der Waals surface area contributed by atoms with Gasteiger partial charge in [-0.1, -0.05) is 18.2 Å². The molecule has 0 saturated carbocycles. The molecule has 4 heterocycles. The number of carbonyl (C=O) groups is 1. The van der Waals surface area contributed by atoms with Crippen LogP contribution in [0.25, 0.3) is 22.7 Å². The molecule has 10 nitrogen and oxygen atoms in total. The highest BCUT2D eigenvalue weighted by atomic mass is 16.4. The minimum atomic E-state index is -0.136. The Morgan fingerprint density at radius 2 is 1.72 bits per heavy atom. The average Bonchev–Trinajstić information content (AvgIpc) is 3.47. The maximum absolute atomic E-state index is 13.1. The molecule has 10 heteroatoms. The van der Waals surface area contributed by atoms with Crippen LogP contribution in [-0.2, 0) is 13.0 Å². The lowest BCUT2D eigenvalue weighted by atomic mass is 10.0. The number of hydrogen-bond acceptors (Lipinski definition) is 9. The van der Waals surface area contributed by atoms with Gasteiger partial charge in [0.25, 0.3) is 5.91 Å². The van der Waals surface area contributed by atoms with E-state index in [0.29, 0.717) is 29.6 Å². The normalized spacial score (nSPS) is 14.1. The van der Waals surface area contributed by atoms with Crippen molar-refractivity contribution < 1.29 is 9.21 Å². The number of rotatable bonds is 8. The Balaban J connectivity index is 1.12. The summed E-state index contributed by atoms with van der Waals surface area (Å²) >= 11 is 0. The number of anilines is 1. The molecule has 1 fully saturated rings. The van der Waals surface area contributed by atoms with Crippen LogP contribution >= 0.6 is 0 Å². The van der Waals surface area contributed by atoms with Crippen LogP contribution in [0.15, 0.2) is 77.6 Å². The third-order valence-electron chi connectivity index (χ3n) is 7.69. The highest BCUT2D eigenvalue weighted by Crippen LogP contribution is 2.24. The van der Waals surface area contributed by atoms with Crippen LogP contribution in [0.3, 0.4) is 0 Å². The van der Waals surface area contributed by atoms with Crippen LogP contribution in [0.5, 0.6) is 0 Å². The molecule has 1 aliphatic heterocycles. The standard InChI is InChI=1S/C33H34N8O2/c1-22-4-9-29(36-32(42)25-7-5-24(6-8-25)21-41-14-12-40(3)13-15-41)17-26(22)18-31-35-11-10-30(37-31)27-16-28(20-34-19-27)33-39-38-23(2)43-33/h4-11,16-17,19-20H,12-15,18,21H2,1-3H3,(H,36,42). The fourth-order valence-corrected chi connectivity index (χ4v) is 5.09. The largest absolute Gasteiger partial charge is 0.421 e. The van der Waals surface area contributed by atoms with Crippen molar-refractivity contribution in [1.29, 1.82) is 0 Å². The second kappa shape index (κ2) is 12.6. The Morgan fingerprint density at radius 1 is 0.930 bits per heavy atom. The van der Waals surface area contributed by atoms with E-state index in [1.807, 2.05) is 61.5 Å². The van der Waals surface area contributed by atoms with Gasteiger partial charge in [0.1, 0.15) is 5.82 Å². The molecule has 2 aromatic carbocycles. The molecule has 3 aromatic heterocycles. The Kier molecular flexibility index (Phi) is 8.30. The van der Waals surface area contributed by atoms with Gasteiger partial charge in [0.2, 0.25) is 11.8 Å². The molecule has 0 radical (unpaired) electrons. The van der Waals surface area contributed by atoms with Gasteiger partial charge in [-0.3, -0.25) is 14.7 Å². The van der Waals surface area contributed by atoms with Crippen LogP contribution in [-0.4, -0.2) is 74.1 Å². The van der Waals surface area contributed by atoms with Gasteiger partial charge in [0, 0.05) is 81.5 Å². The fourth-order valence-electron chi connectivity index (χ4n) is 5.09. The molecule has 43 heavy (non-hydrogen) atoms. The molecular formula is C33H34N8O2. The van der Waals surface area contributed by atoms with Gasteiger partial charge in [0.15, 0.2) is 0 Å². The first-order valence-corrected chi connectivity index (χ1v) is 14.4. The van der Waals surface area contributed by atoms with Crippen LogP contribution in [0.2, 0.25) is 0 Å². The molecule has 0 bridgehead atoms. The molecular weight excluding hydrogens is 540 g/mol. The zero-order valence-electron chi connectivity index (χ0n) is 24.6. The Hall–Kier alpha value is -4.80. The minimum Gasteiger partial charge on any atom is -0.421 e. The third kappa shape index (κ3) is 6.99. The fraction of sp³-hybridized carbons (Fsp3) is 0.273. The topological polar surface area (TPSA) is 113 Å². The van der Waals surface area contributed by atoms with Gasteiger partial charge in [-0.05, 0) is 67.1 Å². The lowest BCUT2D eigenvalue weighted by Crippen LogP contribution is -2.43. The van der Waals surface area contributed by atoms with Crippen molar-refractivity contribution in [2.45, 2.75) is 26.8 Å². The first kappa shape index (κ1) is 28.3. The number of nitrogens with one attached hydrogen (secondary N) is 1. The zero-order chi connectivity index (χ0) is 29.8.